The quantitative estimate of drug-likeness (QED) is 0.719. The molecule has 0 aliphatic rings. The number of aldehydes is 1. The lowest BCUT2D eigenvalue weighted by Gasteiger charge is -2.23. The molecule has 14 heavy (non-hydrogen) atoms. The van der Waals surface area contributed by atoms with Crippen molar-refractivity contribution in [2.75, 3.05) is 11.4 Å². The number of aryl methyl sites for hydroxylation is 1. The van der Waals surface area contributed by atoms with Crippen LogP contribution in [0.3, 0.4) is 0 Å². The number of aromatic nitrogens is 1. The van der Waals surface area contributed by atoms with E-state index >= 15 is 0 Å². The standard InChI is InChI=1S/C10H16N2OS/c1-5-12(7(2)3)10-11-8(4)9(6-13)14-10/h6-7H,5H2,1-4H3. The average molecular weight is 212 g/mol. The van der Waals surface area contributed by atoms with Crippen molar-refractivity contribution in [3.63, 3.8) is 0 Å². The van der Waals surface area contributed by atoms with Gasteiger partial charge in [0.15, 0.2) is 11.4 Å². The second-order valence-electron chi connectivity index (χ2n) is 3.44. The fourth-order valence-corrected chi connectivity index (χ4v) is 2.42. The second kappa shape index (κ2) is 4.55. The highest BCUT2D eigenvalue weighted by Gasteiger charge is 2.14. The van der Waals surface area contributed by atoms with Gasteiger partial charge in [-0.15, -0.1) is 0 Å². The van der Waals surface area contributed by atoms with Crippen LogP contribution in [0, 0.1) is 6.92 Å². The summed E-state index contributed by atoms with van der Waals surface area (Å²) in [5.41, 5.74) is 0.832. The summed E-state index contributed by atoms with van der Waals surface area (Å²) in [6, 6.07) is 0.421. The lowest BCUT2D eigenvalue weighted by atomic mass is 10.3. The van der Waals surface area contributed by atoms with Crippen LogP contribution in [-0.2, 0) is 0 Å². The molecule has 0 unspecified atom stereocenters. The first kappa shape index (κ1) is 11.2. The Labute approximate surface area is 88.8 Å². The van der Waals surface area contributed by atoms with Crippen molar-refractivity contribution in [3.05, 3.63) is 10.6 Å². The smallest absolute Gasteiger partial charge is 0.186 e. The fraction of sp³-hybridized carbons (Fsp3) is 0.600. The molecule has 0 aliphatic heterocycles. The third kappa shape index (κ3) is 2.12. The zero-order chi connectivity index (χ0) is 10.7. The molecule has 0 atom stereocenters. The van der Waals surface area contributed by atoms with Gasteiger partial charge in [0.2, 0.25) is 0 Å². The predicted molar refractivity (Wildman–Crippen MR) is 60.4 cm³/mol. The van der Waals surface area contributed by atoms with Crippen molar-refractivity contribution in [2.24, 2.45) is 0 Å². The molecule has 0 aliphatic carbocycles. The van der Waals surface area contributed by atoms with Crippen LogP contribution in [0.15, 0.2) is 0 Å². The lowest BCUT2D eigenvalue weighted by Crippen LogP contribution is -2.30. The van der Waals surface area contributed by atoms with E-state index in [4.69, 9.17) is 0 Å². The van der Waals surface area contributed by atoms with E-state index in [1.165, 1.54) is 11.3 Å². The van der Waals surface area contributed by atoms with Gasteiger partial charge in [0, 0.05) is 12.6 Å². The summed E-state index contributed by atoms with van der Waals surface area (Å²) < 4.78 is 0. The molecule has 0 bridgehead atoms. The van der Waals surface area contributed by atoms with Gasteiger partial charge in [0.1, 0.15) is 0 Å². The van der Waals surface area contributed by atoms with E-state index in [0.29, 0.717) is 6.04 Å². The van der Waals surface area contributed by atoms with E-state index < -0.39 is 0 Å². The molecule has 4 heteroatoms. The summed E-state index contributed by atoms with van der Waals surface area (Å²) in [6.07, 6.45) is 0.880. The highest BCUT2D eigenvalue weighted by molar-refractivity contribution is 7.17. The molecule has 0 saturated heterocycles. The average Bonchev–Trinajstić information content (AvgIpc) is 2.47. The molecule has 1 heterocycles. The number of thiazole rings is 1. The maximum Gasteiger partial charge on any atom is 0.186 e. The number of carbonyl (C=O) groups is 1. The lowest BCUT2D eigenvalue weighted by molar-refractivity contribution is 0.112. The van der Waals surface area contributed by atoms with E-state index in [2.05, 4.69) is 30.7 Å². The van der Waals surface area contributed by atoms with Crippen molar-refractivity contribution in [1.82, 2.24) is 4.98 Å². The topological polar surface area (TPSA) is 33.2 Å². The zero-order valence-corrected chi connectivity index (χ0v) is 9.89. The number of hydrogen-bond acceptors (Lipinski definition) is 4. The number of carbonyl (C=O) groups excluding carboxylic acids is 1. The normalized spacial score (nSPS) is 10.6. The van der Waals surface area contributed by atoms with Crippen LogP contribution in [0.5, 0.6) is 0 Å². The molecule has 0 amide bonds. The molecule has 0 fully saturated rings. The minimum absolute atomic E-state index is 0.421. The molecule has 0 N–H and O–H groups in total. The predicted octanol–water partition coefficient (Wildman–Crippen LogP) is 2.50. The van der Waals surface area contributed by atoms with E-state index in [0.717, 1.165) is 28.5 Å². The van der Waals surface area contributed by atoms with Crippen LogP contribution in [0.4, 0.5) is 5.13 Å². The summed E-state index contributed by atoms with van der Waals surface area (Å²) in [5.74, 6) is 0. The molecule has 78 valence electrons. The van der Waals surface area contributed by atoms with Crippen molar-refractivity contribution in [2.45, 2.75) is 33.7 Å². The summed E-state index contributed by atoms with van der Waals surface area (Å²) >= 11 is 1.47. The maximum atomic E-state index is 10.7. The molecule has 1 rings (SSSR count). The van der Waals surface area contributed by atoms with Crippen molar-refractivity contribution in [1.29, 1.82) is 0 Å². The van der Waals surface area contributed by atoms with Gasteiger partial charge in [-0.05, 0) is 27.7 Å². The summed E-state index contributed by atoms with van der Waals surface area (Å²) in [5, 5.41) is 0.946. The number of anilines is 1. The van der Waals surface area contributed by atoms with E-state index in [1.54, 1.807) is 0 Å². The Morgan fingerprint density at radius 2 is 2.21 bits per heavy atom. The molecule has 0 spiro atoms. The Hall–Kier alpha value is -0.900. The Morgan fingerprint density at radius 1 is 1.57 bits per heavy atom. The van der Waals surface area contributed by atoms with E-state index in [-0.39, 0.29) is 0 Å². The summed E-state index contributed by atoms with van der Waals surface area (Å²) in [6.45, 7) is 9.14. The number of rotatable bonds is 4. The first-order valence-electron chi connectivity index (χ1n) is 4.79. The number of hydrogen-bond donors (Lipinski definition) is 0. The molecule has 1 aromatic heterocycles. The van der Waals surface area contributed by atoms with Gasteiger partial charge in [-0.2, -0.15) is 0 Å². The van der Waals surface area contributed by atoms with Gasteiger partial charge < -0.3 is 4.90 Å². The number of nitrogens with zero attached hydrogens (tertiary/aromatic N) is 2. The fourth-order valence-electron chi connectivity index (χ4n) is 1.35. The maximum absolute atomic E-state index is 10.7. The minimum Gasteiger partial charge on any atom is -0.346 e. The molecule has 0 aromatic carbocycles. The van der Waals surface area contributed by atoms with Crippen LogP contribution in [0.1, 0.15) is 36.1 Å². The Kier molecular flexibility index (Phi) is 3.63. The Morgan fingerprint density at radius 3 is 2.57 bits per heavy atom. The van der Waals surface area contributed by atoms with E-state index in [1.807, 2.05) is 6.92 Å². The van der Waals surface area contributed by atoms with Crippen molar-refractivity contribution >= 4 is 22.8 Å². The van der Waals surface area contributed by atoms with Gasteiger partial charge in [0.05, 0.1) is 10.6 Å². The second-order valence-corrected chi connectivity index (χ2v) is 4.45. The first-order chi connectivity index (χ1) is 6.60. The van der Waals surface area contributed by atoms with Gasteiger partial charge in [-0.25, -0.2) is 4.98 Å². The molecular formula is C10H16N2OS. The molecule has 0 saturated carbocycles. The van der Waals surface area contributed by atoms with Gasteiger partial charge in [-0.1, -0.05) is 11.3 Å². The summed E-state index contributed by atoms with van der Waals surface area (Å²) in [7, 11) is 0. The van der Waals surface area contributed by atoms with E-state index in [9.17, 15) is 4.79 Å². The first-order valence-corrected chi connectivity index (χ1v) is 5.61. The third-order valence-corrected chi connectivity index (χ3v) is 3.26. The molecular weight excluding hydrogens is 196 g/mol. The zero-order valence-electron chi connectivity index (χ0n) is 9.07. The summed E-state index contributed by atoms with van der Waals surface area (Å²) in [4.78, 5) is 18.0. The molecule has 1 aromatic rings. The van der Waals surface area contributed by atoms with Gasteiger partial charge in [-0.3, -0.25) is 4.79 Å². The minimum atomic E-state index is 0.421. The highest BCUT2D eigenvalue weighted by atomic mass is 32.1. The van der Waals surface area contributed by atoms with Gasteiger partial charge in [0.25, 0.3) is 0 Å². The monoisotopic (exact) mass is 212 g/mol. The van der Waals surface area contributed by atoms with Crippen LogP contribution < -0.4 is 4.90 Å². The van der Waals surface area contributed by atoms with Crippen LogP contribution in [0.2, 0.25) is 0 Å². The third-order valence-electron chi connectivity index (χ3n) is 2.14. The Bertz CT molecular complexity index is 320. The SMILES string of the molecule is CCN(c1nc(C)c(C=O)s1)C(C)C. The van der Waals surface area contributed by atoms with Crippen molar-refractivity contribution in [3.8, 4) is 0 Å². The molecule has 0 radical (unpaired) electrons. The van der Waals surface area contributed by atoms with Gasteiger partial charge >= 0.3 is 0 Å². The van der Waals surface area contributed by atoms with Crippen molar-refractivity contribution < 1.29 is 4.79 Å². The largest absolute Gasteiger partial charge is 0.346 e. The van der Waals surface area contributed by atoms with Crippen LogP contribution in [0.25, 0.3) is 0 Å². The van der Waals surface area contributed by atoms with Crippen LogP contribution in [-0.4, -0.2) is 23.9 Å². The highest BCUT2D eigenvalue weighted by Crippen LogP contribution is 2.25. The van der Waals surface area contributed by atoms with Crippen LogP contribution >= 0.6 is 11.3 Å². The molecule has 3 nitrogen and oxygen atoms in total. The Balaban J connectivity index is 2.99.